The molecule has 0 spiro atoms. The lowest BCUT2D eigenvalue weighted by Gasteiger charge is -2.11. The second kappa shape index (κ2) is 6.80. The zero-order chi connectivity index (χ0) is 15.3. The fourth-order valence-corrected chi connectivity index (χ4v) is 3.27. The van der Waals surface area contributed by atoms with Gasteiger partial charge in [0.05, 0.1) is 17.1 Å². The number of benzene rings is 1. The van der Waals surface area contributed by atoms with Gasteiger partial charge in [0, 0.05) is 12.7 Å². The minimum atomic E-state index is -3.56. The Balaban J connectivity index is 2.21. The van der Waals surface area contributed by atoms with E-state index >= 15 is 0 Å². The molecule has 0 atom stereocenters. The monoisotopic (exact) mass is 305 g/mol. The topological polar surface area (TPSA) is 71.1 Å². The van der Waals surface area contributed by atoms with Crippen LogP contribution in [0.3, 0.4) is 0 Å². The Hall–Kier alpha value is -1.76. The van der Waals surface area contributed by atoms with Crippen LogP contribution in [0.15, 0.2) is 47.5 Å². The Morgan fingerprint density at radius 3 is 2.57 bits per heavy atom. The van der Waals surface area contributed by atoms with Crippen LogP contribution in [0, 0.1) is 6.92 Å². The molecule has 0 aliphatic carbocycles. The molecule has 0 saturated carbocycles. The van der Waals surface area contributed by atoms with E-state index in [0.29, 0.717) is 11.4 Å². The van der Waals surface area contributed by atoms with E-state index in [1.54, 1.807) is 31.4 Å². The van der Waals surface area contributed by atoms with Crippen LogP contribution in [-0.4, -0.2) is 20.4 Å². The number of hydrogen-bond acceptors (Lipinski definition) is 4. The highest BCUT2D eigenvalue weighted by atomic mass is 32.2. The molecule has 0 bridgehead atoms. The minimum Gasteiger partial charge on any atom is -0.316 e. The Morgan fingerprint density at radius 2 is 1.86 bits per heavy atom. The van der Waals surface area contributed by atoms with Gasteiger partial charge in [-0.2, -0.15) is 0 Å². The van der Waals surface area contributed by atoms with Gasteiger partial charge in [-0.25, -0.2) is 13.1 Å². The molecule has 0 fully saturated rings. The van der Waals surface area contributed by atoms with Gasteiger partial charge in [-0.15, -0.1) is 0 Å². The third kappa shape index (κ3) is 3.87. The van der Waals surface area contributed by atoms with Gasteiger partial charge in [0.1, 0.15) is 0 Å². The lowest BCUT2D eigenvalue weighted by atomic mass is 10.2. The first-order valence-corrected chi connectivity index (χ1v) is 8.15. The standard InChI is InChI=1S/C15H19N3O2S/c1-12-6-5-9-17-14(12)11-18-21(19,20)15-8-4-3-7-13(15)10-16-2/h3-9,16,18H,10-11H2,1-2H3. The van der Waals surface area contributed by atoms with Crippen molar-refractivity contribution in [2.45, 2.75) is 24.9 Å². The van der Waals surface area contributed by atoms with Gasteiger partial charge in [-0.3, -0.25) is 4.98 Å². The van der Waals surface area contributed by atoms with E-state index in [0.717, 1.165) is 16.8 Å². The van der Waals surface area contributed by atoms with E-state index in [-0.39, 0.29) is 6.54 Å². The van der Waals surface area contributed by atoms with Gasteiger partial charge in [0.25, 0.3) is 0 Å². The highest BCUT2D eigenvalue weighted by Crippen LogP contribution is 2.15. The molecule has 0 unspecified atom stereocenters. The van der Waals surface area contributed by atoms with Gasteiger partial charge >= 0.3 is 0 Å². The highest BCUT2D eigenvalue weighted by molar-refractivity contribution is 7.89. The van der Waals surface area contributed by atoms with Gasteiger partial charge in [-0.05, 0) is 37.2 Å². The summed E-state index contributed by atoms with van der Waals surface area (Å²) in [6.07, 6.45) is 1.66. The maximum Gasteiger partial charge on any atom is 0.241 e. The average Bonchev–Trinajstić information content (AvgIpc) is 2.47. The first-order chi connectivity index (χ1) is 10.0. The molecule has 2 rings (SSSR count). The van der Waals surface area contributed by atoms with Crippen molar-refractivity contribution in [1.29, 1.82) is 0 Å². The molecule has 2 aromatic rings. The molecule has 1 heterocycles. The molecule has 21 heavy (non-hydrogen) atoms. The van der Waals surface area contributed by atoms with E-state index < -0.39 is 10.0 Å². The van der Waals surface area contributed by atoms with E-state index in [1.807, 2.05) is 25.1 Å². The van der Waals surface area contributed by atoms with Gasteiger partial charge in [0.15, 0.2) is 0 Å². The quantitative estimate of drug-likeness (QED) is 0.850. The SMILES string of the molecule is CNCc1ccccc1S(=O)(=O)NCc1ncccc1C. The van der Waals surface area contributed by atoms with Crippen molar-refractivity contribution in [3.63, 3.8) is 0 Å². The summed E-state index contributed by atoms with van der Waals surface area (Å²) < 4.78 is 27.5. The summed E-state index contributed by atoms with van der Waals surface area (Å²) in [6.45, 7) is 2.59. The molecule has 5 nitrogen and oxygen atoms in total. The zero-order valence-corrected chi connectivity index (χ0v) is 12.9. The average molecular weight is 305 g/mol. The van der Waals surface area contributed by atoms with Crippen LogP contribution in [0.4, 0.5) is 0 Å². The molecule has 2 N–H and O–H groups in total. The number of hydrogen-bond donors (Lipinski definition) is 2. The predicted octanol–water partition coefficient (Wildman–Crippen LogP) is 1.59. The second-order valence-corrected chi connectivity index (χ2v) is 6.46. The summed E-state index contributed by atoms with van der Waals surface area (Å²) in [5.74, 6) is 0. The molecule has 6 heteroatoms. The Labute approximate surface area is 125 Å². The van der Waals surface area contributed by atoms with Crippen molar-refractivity contribution in [1.82, 2.24) is 15.0 Å². The zero-order valence-electron chi connectivity index (χ0n) is 12.1. The van der Waals surface area contributed by atoms with Crippen LogP contribution in [0.25, 0.3) is 0 Å². The number of nitrogens with zero attached hydrogens (tertiary/aromatic N) is 1. The Morgan fingerprint density at radius 1 is 1.10 bits per heavy atom. The molecule has 112 valence electrons. The van der Waals surface area contributed by atoms with Crippen molar-refractivity contribution in [2.75, 3.05) is 7.05 Å². The molecule has 0 aliphatic heterocycles. The van der Waals surface area contributed by atoms with Crippen LogP contribution in [0.2, 0.25) is 0 Å². The number of aryl methyl sites for hydroxylation is 1. The van der Waals surface area contributed by atoms with Crippen LogP contribution in [0.1, 0.15) is 16.8 Å². The molecule has 1 aromatic heterocycles. The molecule has 0 saturated heterocycles. The predicted molar refractivity (Wildman–Crippen MR) is 82.2 cm³/mol. The van der Waals surface area contributed by atoms with Crippen LogP contribution >= 0.6 is 0 Å². The largest absolute Gasteiger partial charge is 0.316 e. The van der Waals surface area contributed by atoms with Crippen LogP contribution < -0.4 is 10.0 Å². The third-order valence-corrected chi connectivity index (χ3v) is 4.68. The fraction of sp³-hybridized carbons (Fsp3) is 0.267. The Bertz CT molecular complexity index is 714. The summed E-state index contributed by atoms with van der Waals surface area (Å²) in [5, 5.41) is 2.97. The smallest absolute Gasteiger partial charge is 0.241 e. The number of aromatic nitrogens is 1. The second-order valence-electron chi connectivity index (χ2n) is 4.73. The van der Waals surface area contributed by atoms with Gasteiger partial charge in [-0.1, -0.05) is 24.3 Å². The summed E-state index contributed by atoms with van der Waals surface area (Å²) in [4.78, 5) is 4.49. The maximum atomic E-state index is 12.4. The number of rotatable bonds is 6. The van der Waals surface area contributed by atoms with Gasteiger partial charge < -0.3 is 5.32 Å². The van der Waals surface area contributed by atoms with Crippen molar-refractivity contribution in [3.8, 4) is 0 Å². The third-order valence-electron chi connectivity index (χ3n) is 3.18. The van der Waals surface area contributed by atoms with Crippen molar-refractivity contribution >= 4 is 10.0 Å². The normalized spacial score (nSPS) is 11.5. The molecular weight excluding hydrogens is 286 g/mol. The van der Waals surface area contributed by atoms with E-state index in [4.69, 9.17) is 0 Å². The first kappa shape index (κ1) is 15.6. The molecular formula is C15H19N3O2S. The van der Waals surface area contributed by atoms with Crippen molar-refractivity contribution in [2.24, 2.45) is 0 Å². The van der Waals surface area contributed by atoms with E-state index in [1.165, 1.54) is 0 Å². The first-order valence-electron chi connectivity index (χ1n) is 6.67. The summed E-state index contributed by atoms with van der Waals surface area (Å²) in [5.41, 5.74) is 2.43. The van der Waals surface area contributed by atoms with Crippen molar-refractivity contribution < 1.29 is 8.42 Å². The maximum absolute atomic E-state index is 12.4. The molecule has 0 aliphatic rings. The number of nitrogens with one attached hydrogen (secondary N) is 2. The van der Waals surface area contributed by atoms with Crippen molar-refractivity contribution in [3.05, 3.63) is 59.4 Å². The van der Waals surface area contributed by atoms with E-state index in [9.17, 15) is 8.42 Å². The number of sulfonamides is 1. The van der Waals surface area contributed by atoms with E-state index in [2.05, 4.69) is 15.0 Å². The fourth-order valence-electron chi connectivity index (χ4n) is 2.05. The molecule has 0 radical (unpaired) electrons. The molecule has 1 aromatic carbocycles. The lowest BCUT2D eigenvalue weighted by Crippen LogP contribution is -2.25. The Kier molecular flexibility index (Phi) is 5.06. The molecule has 0 amide bonds. The number of pyridine rings is 1. The summed E-state index contributed by atoms with van der Waals surface area (Å²) >= 11 is 0. The summed E-state index contributed by atoms with van der Waals surface area (Å²) in [7, 11) is -1.77. The minimum absolute atomic E-state index is 0.183. The highest BCUT2D eigenvalue weighted by Gasteiger charge is 2.17. The summed E-state index contributed by atoms with van der Waals surface area (Å²) in [6, 6.07) is 10.7. The van der Waals surface area contributed by atoms with Crippen LogP contribution in [-0.2, 0) is 23.1 Å². The lowest BCUT2D eigenvalue weighted by molar-refractivity contribution is 0.578. The van der Waals surface area contributed by atoms with Crippen LogP contribution in [0.5, 0.6) is 0 Å². The van der Waals surface area contributed by atoms with Gasteiger partial charge in [0.2, 0.25) is 10.0 Å².